The molecular formula is C25H28FN5O6S. The van der Waals surface area contributed by atoms with Crippen LogP contribution in [0.25, 0.3) is 0 Å². The zero-order valence-electron chi connectivity index (χ0n) is 20.8. The molecule has 38 heavy (non-hydrogen) atoms. The van der Waals surface area contributed by atoms with Crippen molar-refractivity contribution >= 4 is 35.5 Å². The van der Waals surface area contributed by atoms with Gasteiger partial charge in [0.15, 0.2) is 6.30 Å². The van der Waals surface area contributed by atoms with Gasteiger partial charge in [-0.2, -0.15) is 0 Å². The predicted octanol–water partition coefficient (Wildman–Crippen LogP) is 1.44. The van der Waals surface area contributed by atoms with Gasteiger partial charge in [0.2, 0.25) is 5.91 Å². The van der Waals surface area contributed by atoms with Gasteiger partial charge in [-0.05, 0) is 11.1 Å². The number of halogens is 1. The topological polar surface area (TPSA) is 154 Å². The summed E-state index contributed by atoms with van der Waals surface area (Å²) in [5.41, 5.74) is 2.30. The van der Waals surface area contributed by atoms with Crippen LogP contribution in [0.3, 0.4) is 0 Å². The third-order valence-electron chi connectivity index (χ3n) is 6.33. The molecule has 1 aromatic heterocycles. The molecule has 2 aromatic rings. The molecule has 4 rings (SSSR count). The lowest BCUT2D eigenvalue weighted by Gasteiger charge is -2.49. The van der Waals surface area contributed by atoms with Crippen LogP contribution in [0.1, 0.15) is 36.6 Å². The molecule has 13 heteroatoms. The van der Waals surface area contributed by atoms with Crippen molar-refractivity contribution in [1.82, 2.24) is 25.5 Å². The Bertz CT molecular complexity index is 1240. The number of imidazole rings is 1. The summed E-state index contributed by atoms with van der Waals surface area (Å²) in [6, 6.07) is 6.26. The van der Waals surface area contributed by atoms with Gasteiger partial charge in [0.1, 0.15) is 23.7 Å². The molecule has 0 radical (unpaired) electrons. The lowest BCUT2D eigenvalue weighted by molar-refractivity contribution is -0.151. The van der Waals surface area contributed by atoms with Crippen molar-refractivity contribution in [2.75, 3.05) is 12.4 Å². The predicted molar refractivity (Wildman–Crippen MR) is 135 cm³/mol. The minimum Gasteiger partial charge on any atom is -0.477 e. The largest absolute Gasteiger partial charge is 0.477 e. The van der Waals surface area contributed by atoms with E-state index in [4.69, 9.17) is 4.74 Å². The van der Waals surface area contributed by atoms with E-state index in [0.29, 0.717) is 23.4 Å². The summed E-state index contributed by atoms with van der Waals surface area (Å²) < 4.78 is 19.4. The van der Waals surface area contributed by atoms with E-state index < -0.39 is 41.5 Å². The van der Waals surface area contributed by atoms with E-state index in [-0.39, 0.29) is 30.4 Å². The van der Waals surface area contributed by atoms with Crippen molar-refractivity contribution in [2.24, 2.45) is 0 Å². The maximum Gasteiger partial charge on any atom is 0.352 e. The molecule has 2 amide bonds. The molecule has 4 N–H and O–H groups in total. The molecule has 0 bridgehead atoms. The van der Waals surface area contributed by atoms with Crippen LogP contribution >= 0.6 is 11.8 Å². The zero-order valence-corrected chi connectivity index (χ0v) is 21.6. The number of carboxylic acids is 1. The minimum atomic E-state index is -1.29. The summed E-state index contributed by atoms with van der Waals surface area (Å²) in [6.07, 6.45) is 1.91. The molecule has 4 atom stereocenters. The number of β-lactam (4-membered cyclic amide) rings is 1. The number of fused-ring (bicyclic) bond motifs is 1. The third kappa shape index (κ3) is 6.05. The number of alkyl halides is 1. The number of aromatic nitrogens is 2. The second kappa shape index (κ2) is 11.8. The summed E-state index contributed by atoms with van der Waals surface area (Å²) in [5.74, 6) is -2.91. The SMILES string of the molecule is CC(=O)OCC1=C(C(=O)O)N2C(=O)C(NC(=O)Cc3ccc(CNC(F)C(C)c4c[nH]cn4)cc3)C2SC1. The van der Waals surface area contributed by atoms with Gasteiger partial charge < -0.3 is 20.1 Å². The van der Waals surface area contributed by atoms with E-state index in [0.717, 1.165) is 10.5 Å². The monoisotopic (exact) mass is 545 g/mol. The number of thioether (sulfide) groups is 1. The molecule has 202 valence electrons. The second-order valence-corrected chi connectivity index (χ2v) is 10.2. The molecule has 1 aromatic carbocycles. The molecule has 4 unspecified atom stereocenters. The van der Waals surface area contributed by atoms with Crippen LogP contribution in [0.2, 0.25) is 0 Å². The average Bonchev–Trinajstić information content (AvgIpc) is 3.44. The molecule has 2 aliphatic heterocycles. The lowest BCUT2D eigenvalue weighted by Crippen LogP contribution is -2.70. The molecule has 0 spiro atoms. The van der Waals surface area contributed by atoms with Gasteiger partial charge in [0.25, 0.3) is 5.91 Å². The number of aromatic amines is 1. The van der Waals surface area contributed by atoms with Crippen LogP contribution in [0.4, 0.5) is 4.39 Å². The number of hydrogen-bond acceptors (Lipinski definition) is 8. The number of carboxylic acid groups (broad SMARTS) is 1. The Kier molecular flexibility index (Phi) is 8.47. The quantitative estimate of drug-likeness (QED) is 0.187. The van der Waals surface area contributed by atoms with Crippen LogP contribution in [0, 0.1) is 0 Å². The second-order valence-electron chi connectivity index (χ2n) is 9.05. The minimum absolute atomic E-state index is 0.0239. The Morgan fingerprint density at radius 2 is 2.00 bits per heavy atom. The Balaban J connectivity index is 1.28. The van der Waals surface area contributed by atoms with E-state index in [1.807, 2.05) is 0 Å². The van der Waals surface area contributed by atoms with Crippen molar-refractivity contribution < 1.29 is 33.4 Å². The maximum absolute atomic E-state index is 14.5. The number of carbonyl (C=O) groups is 4. The number of ether oxygens (including phenoxy) is 1. The lowest BCUT2D eigenvalue weighted by atomic mass is 10.0. The third-order valence-corrected chi connectivity index (χ3v) is 7.67. The molecule has 0 saturated carbocycles. The Morgan fingerprint density at radius 1 is 1.29 bits per heavy atom. The number of hydrogen-bond donors (Lipinski definition) is 4. The van der Waals surface area contributed by atoms with Crippen LogP contribution in [0.15, 0.2) is 48.1 Å². The van der Waals surface area contributed by atoms with Crippen molar-refractivity contribution in [2.45, 2.75) is 50.4 Å². The van der Waals surface area contributed by atoms with Crippen LogP contribution in [0.5, 0.6) is 0 Å². The maximum atomic E-state index is 14.5. The number of H-pyrrole nitrogens is 1. The summed E-state index contributed by atoms with van der Waals surface area (Å²) in [7, 11) is 0. The number of benzene rings is 1. The van der Waals surface area contributed by atoms with Gasteiger partial charge in [0, 0.05) is 36.9 Å². The molecule has 1 fully saturated rings. The Morgan fingerprint density at radius 3 is 2.63 bits per heavy atom. The fourth-order valence-corrected chi connectivity index (χ4v) is 5.56. The van der Waals surface area contributed by atoms with E-state index >= 15 is 0 Å². The van der Waals surface area contributed by atoms with Crippen molar-refractivity contribution in [3.05, 3.63) is 64.9 Å². The molecule has 1 saturated heterocycles. The molecule has 0 aliphatic carbocycles. The van der Waals surface area contributed by atoms with E-state index in [2.05, 4.69) is 20.6 Å². The van der Waals surface area contributed by atoms with E-state index in [9.17, 15) is 28.7 Å². The number of nitrogens with one attached hydrogen (secondary N) is 3. The first kappa shape index (κ1) is 27.3. The highest BCUT2D eigenvalue weighted by molar-refractivity contribution is 8.00. The Labute approximate surface area is 222 Å². The first-order valence-electron chi connectivity index (χ1n) is 11.9. The van der Waals surface area contributed by atoms with Gasteiger partial charge in [-0.25, -0.2) is 14.2 Å². The fourth-order valence-electron chi connectivity index (χ4n) is 4.23. The summed E-state index contributed by atoms with van der Waals surface area (Å²) in [4.78, 5) is 56.3. The smallest absolute Gasteiger partial charge is 0.352 e. The number of esters is 1. The van der Waals surface area contributed by atoms with Crippen molar-refractivity contribution in [3.63, 3.8) is 0 Å². The molecule has 11 nitrogen and oxygen atoms in total. The van der Waals surface area contributed by atoms with Gasteiger partial charge >= 0.3 is 11.9 Å². The van der Waals surface area contributed by atoms with Crippen molar-refractivity contribution in [3.8, 4) is 0 Å². The molecule has 2 aliphatic rings. The molecular weight excluding hydrogens is 517 g/mol. The standard InChI is InChI=1S/C25H28FN5O6S/c1-13(18-9-27-12-29-18)22(26)28-8-16-5-3-15(4-6-16)7-19(33)30-20-23(34)31-21(25(35)36)17(10-37-14(2)32)11-38-24(20)31/h3-6,9,12-13,20,22,24,28H,7-8,10-11H2,1-2H3,(H,27,29)(H,30,33)(H,35,36). The van der Waals surface area contributed by atoms with Gasteiger partial charge in [-0.15, -0.1) is 11.8 Å². The first-order chi connectivity index (χ1) is 18.2. The van der Waals surface area contributed by atoms with Gasteiger partial charge in [0.05, 0.1) is 18.4 Å². The number of rotatable bonds is 11. The highest BCUT2D eigenvalue weighted by Gasteiger charge is 2.54. The average molecular weight is 546 g/mol. The van der Waals surface area contributed by atoms with Gasteiger partial charge in [-0.1, -0.05) is 31.2 Å². The number of amides is 2. The van der Waals surface area contributed by atoms with Gasteiger partial charge in [-0.3, -0.25) is 24.6 Å². The van der Waals surface area contributed by atoms with Crippen molar-refractivity contribution in [1.29, 1.82) is 0 Å². The summed E-state index contributed by atoms with van der Waals surface area (Å²) in [5, 5.41) is 14.6. The number of carbonyl (C=O) groups excluding carboxylic acids is 3. The summed E-state index contributed by atoms with van der Waals surface area (Å²) >= 11 is 1.30. The van der Waals surface area contributed by atoms with E-state index in [1.54, 1.807) is 37.4 Å². The van der Waals surface area contributed by atoms with Crippen LogP contribution in [-0.2, 0) is 36.9 Å². The zero-order chi connectivity index (χ0) is 27.4. The van der Waals surface area contributed by atoms with Crippen LogP contribution < -0.4 is 10.6 Å². The number of aliphatic carboxylic acids is 1. The van der Waals surface area contributed by atoms with Crippen LogP contribution in [-0.4, -0.2) is 73.8 Å². The first-order valence-corrected chi connectivity index (χ1v) is 13.0. The normalized spacial score (nSPS) is 20.3. The Hall–Kier alpha value is -3.71. The summed E-state index contributed by atoms with van der Waals surface area (Å²) in [6.45, 7) is 3.05. The highest BCUT2D eigenvalue weighted by Crippen LogP contribution is 2.40. The molecule has 3 heterocycles. The van der Waals surface area contributed by atoms with E-state index in [1.165, 1.54) is 25.0 Å². The highest BCUT2D eigenvalue weighted by atomic mass is 32.2. The fraction of sp³-hybridized carbons (Fsp3) is 0.400. The number of nitrogens with zero attached hydrogens (tertiary/aromatic N) is 2.